The van der Waals surface area contributed by atoms with Crippen molar-refractivity contribution in [3.63, 3.8) is 0 Å². The predicted octanol–water partition coefficient (Wildman–Crippen LogP) is 4.72. The van der Waals surface area contributed by atoms with Gasteiger partial charge in [0, 0.05) is 6.20 Å². The van der Waals surface area contributed by atoms with Crippen LogP contribution < -0.4 is 15.1 Å². The first-order chi connectivity index (χ1) is 15.4. The highest BCUT2D eigenvalue weighted by atomic mass is 79.9. The molecule has 5 rings (SSSR count). The maximum Gasteiger partial charge on any atom is 0.296 e. The van der Waals surface area contributed by atoms with E-state index in [0.717, 1.165) is 5.56 Å². The molecule has 4 aromatic rings. The van der Waals surface area contributed by atoms with Gasteiger partial charge in [0.05, 0.1) is 28.6 Å². The van der Waals surface area contributed by atoms with Gasteiger partial charge in [0.25, 0.3) is 5.91 Å². The number of phenols is 1. The molecule has 0 bridgehead atoms. The molecular weight excluding hydrogens is 476 g/mol. The van der Waals surface area contributed by atoms with Crippen molar-refractivity contribution in [1.82, 2.24) is 4.98 Å². The van der Waals surface area contributed by atoms with Crippen LogP contribution in [0.25, 0.3) is 11.0 Å². The monoisotopic (exact) mass is 492 g/mol. The van der Waals surface area contributed by atoms with Gasteiger partial charge in [-0.05, 0) is 70.4 Å². The molecule has 7 nitrogen and oxygen atoms in total. The van der Waals surface area contributed by atoms with E-state index in [-0.39, 0.29) is 28.3 Å². The highest BCUT2D eigenvalue weighted by Crippen LogP contribution is 2.44. The minimum atomic E-state index is -0.821. The molecule has 160 valence electrons. The van der Waals surface area contributed by atoms with Gasteiger partial charge in [-0.2, -0.15) is 0 Å². The number of nitrogens with zero attached hydrogens (tertiary/aromatic N) is 2. The Labute approximate surface area is 191 Å². The first-order valence-corrected chi connectivity index (χ1v) is 10.6. The van der Waals surface area contributed by atoms with Gasteiger partial charge in [-0.15, -0.1) is 0 Å². The molecule has 0 fully saturated rings. The van der Waals surface area contributed by atoms with Gasteiger partial charge in [-0.3, -0.25) is 14.5 Å². The number of hydrogen-bond acceptors (Lipinski definition) is 6. The number of rotatable bonds is 3. The number of carbonyl (C=O) groups excluding carboxylic acids is 1. The second-order valence-corrected chi connectivity index (χ2v) is 8.35. The van der Waals surface area contributed by atoms with Crippen LogP contribution in [0, 0.1) is 6.92 Å². The summed E-state index contributed by atoms with van der Waals surface area (Å²) in [5.41, 5.74) is 1.73. The molecule has 1 N–H and O–H groups in total. The molecule has 1 aliphatic rings. The third kappa shape index (κ3) is 2.98. The quantitative estimate of drug-likeness (QED) is 0.444. The average Bonchev–Trinajstić information content (AvgIpc) is 3.08. The van der Waals surface area contributed by atoms with Crippen LogP contribution in [-0.2, 0) is 0 Å². The normalized spacial score (nSPS) is 15.3. The van der Waals surface area contributed by atoms with E-state index in [1.165, 1.54) is 12.0 Å². The van der Waals surface area contributed by atoms with E-state index in [9.17, 15) is 14.7 Å². The maximum atomic E-state index is 13.6. The number of hydrogen-bond donors (Lipinski definition) is 1. The molecule has 0 saturated carbocycles. The molecule has 8 heteroatoms. The smallest absolute Gasteiger partial charge is 0.296 e. The summed E-state index contributed by atoms with van der Waals surface area (Å²) in [7, 11) is 1.43. The number of fused-ring (bicyclic) bond motifs is 2. The van der Waals surface area contributed by atoms with E-state index >= 15 is 0 Å². The zero-order valence-electron chi connectivity index (χ0n) is 17.1. The largest absolute Gasteiger partial charge is 0.503 e. The molecule has 32 heavy (non-hydrogen) atoms. The first-order valence-electron chi connectivity index (χ1n) is 9.79. The summed E-state index contributed by atoms with van der Waals surface area (Å²) in [5, 5.41) is 10.7. The molecule has 0 radical (unpaired) electrons. The summed E-state index contributed by atoms with van der Waals surface area (Å²) in [5.74, 6) is 0.0292. The fraction of sp³-hybridized carbons (Fsp3) is 0.125. The number of aryl methyl sites for hydroxylation is 1. The van der Waals surface area contributed by atoms with Crippen LogP contribution in [0.5, 0.6) is 11.5 Å². The predicted molar refractivity (Wildman–Crippen MR) is 122 cm³/mol. The van der Waals surface area contributed by atoms with Crippen molar-refractivity contribution in [2.24, 2.45) is 0 Å². The fourth-order valence-corrected chi connectivity index (χ4v) is 4.49. The highest BCUT2D eigenvalue weighted by molar-refractivity contribution is 9.10. The number of anilines is 1. The van der Waals surface area contributed by atoms with Crippen molar-refractivity contribution in [3.8, 4) is 11.5 Å². The Morgan fingerprint density at radius 1 is 1.16 bits per heavy atom. The van der Waals surface area contributed by atoms with E-state index in [2.05, 4.69) is 20.9 Å². The minimum absolute atomic E-state index is 0.0230. The third-order valence-electron chi connectivity index (χ3n) is 5.51. The lowest BCUT2D eigenvalue weighted by atomic mass is 9.98. The number of halogens is 1. The number of ether oxygens (including phenoxy) is 1. The van der Waals surface area contributed by atoms with Gasteiger partial charge in [-0.25, -0.2) is 4.98 Å². The number of pyridine rings is 1. The van der Waals surface area contributed by atoms with Crippen molar-refractivity contribution in [2.75, 3.05) is 12.0 Å². The summed E-state index contributed by atoms with van der Waals surface area (Å²) in [4.78, 5) is 32.9. The van der Waals surface area contributed by atoms with Gasteiger partial charge >= 0.3 is 0 Å². The number of benzene rings is 2. The fourth-order valence-electron chi connectivity index (χ4n) is 4.03. The van der Waals surface area contributed by atoms with Crippen molar-refractivity contribution >= 4 is 38.6 Å². The third-order valence-corrected chi connectivity index (χ3v) is 6.12. The van der Waals surface area contributed by atoms with Crippen LogP contribution in [0.3, 0.4) is 0 Å². The standard InChI is InChI=1S/C24H17BrN2O5/c1-12-7-8-26-18(9-12)27-20(13-10-15(25)22(29)17(11-13)31-2)19-21(28)14-5-3-4-6-16(14)32-23(19)24(27)30/h3-11,20,29H,1-2H3. The minimum Gasteiger partial charge on any atom is -0.503 e. The zero-order valence-corrected chi connectivity index (χ0v) is 18.7. The zero-order chi connectivity index (χ0) is 22.6. The van der Waals surface area contributed by atoms with Crippen LogP contribution in [0.15, 0.2) is 68.4 Å². The molecule has 2 aromatic heterocycles. The van der Waals surface area contributed by atoms with Crippen molar-refractivity contribution in [2.45, 2.75) is 13.0 Å². The topological polar surface area (TPSA) is 92.9 Å². The Kier molecular flexibility index (Phi) is 4.74. The van der Waals surface area contributed by atoms with Crippen LogP contribution in [0.1, 0.15) is 33.3 Å². The summed E-state index contributed by atoms with van der Waals surface area (Å²) in [6, 6.07) is 12.9. The van der Waals surface area contributed by atoms with Crippen LogP contribution >= 0.6 is 15.9 Å². The SMILES string of the molecule is COc1cc(C2c3c(oc4ccccc4c3=O)C(=O)N2c2cc(C)ccn2)cc(Br)c1O. The van der Waals surface area contributed by atoms with E-state index in [4.69, 9.17) is 9.15 Å². The van der Waals surface area contributed by atoms with Crippen LogP contribution in [-0.4, -0.2) is 23.1 Å². The van der Waals surface area contributed by atoms with Crippen molar-refractivity contribution in [1.29, 1.82) is 0 Å². The van der Waals surface area contributed by atoms with Gasteiger partial charge in [0.15, 0.2) is 16.9 Å². The van der Waals surface area contributed by atoms with Gasteiger partial charge in [-0.1, -0.05) is 12.1 Å². The molecule has 1 atom stereocenters. The lowest BCUT2D eigenvalue weighted by Crippen LogP contribution is -2.30. The number of amides is 1. The molecule has 1 amide bonds. The molecule has 0 saturated heterocycles. The molecule has 2 aromatic carbocycles. The molecule has 3 heterocycles. The van der Waals surface area contributed by atoms with E-state index < -0.39 is 11.9 Å². The summed E-state index contributed by atoms with van der Waals surface area (Å²) < 4.78 is 11.6. The van der Waals surface area contributed by atoms with Crippen LogP contribution in [0.4, 0.5) is 5.82 Å². The summed E-state index contributed by atoms with van der Waals surface area (Å²) in [6.45, 7) is 1.89. The molecular formula is C24H17BrN2O5. The number of para-hydroxylation sites is 1. The molecule has 0 spiro atoms. The second kappa shape index (κ2) is 7.49. The Balaban J connectivity index is 1.85. The second-order valence-electron chi connectivity index (χ2n) is 7.49. The number of carbonyl (C=O) groups is 1. The van der Waals surface area contributed by atoms with Gasteiger partial charge < -0.3 is 14.3 Å². The number of methoxy groups -OCH3 is 1. The Bertz CT molecular complexity index is 1460. The lowest BCUT2D eigenvalue weighted by Gasteiger charge is -2.25. The summed E-state index contributed by atoms with van der Waals surface area (Å²) in [6.07, 6.45) is 1.61. The lowest BCUT2D eigenvalue weighted by molar-refractivity contribution is 0.0970. The Morgan fingerprint density at radius 2 is 1.94 bits per heavy atom. The van der Waals surface area contributed by atoms with Crippen molar-refractivity contribution in [3.05, 3.63) is 91.9 Å². The molecule has 0 aliphatic carbocycles. The highest BCUT2D eigenvalue weighted by Gasteiger charge is 2.44. The van der Waals surface area contributed by atoms with Gasteiger partial charge in [0.2, 0.25) is 5.76 Å². The Morgan fingerprint density at radius 3 is 2.69 bits per heavy atom. The molecule has 1 aliphatic heterocycles. The Hall–Kier alpha value is -3.65. The summed E-state index contributed by atoms with van der Waals surface area (Å²) >= 11 is 3.34. The average molecular weight is 493 g/mol. The maximum absolute atomic E-state index is 13.6. The van der Waals surface area contributed by atoms with Crippen molar-refractivity contribution < 1.29 is 19.1 Å². The number of aromatic hydroxyl groups is 1. The first kappa shape index (κ1) is 20.3. The molecule has 1 unspecified atom stereocenters. The van der Waals surface area contributed by atoms with E-state index in [1.807, 2.05) is 13.0 Å². The van der Waals surface area contributed by atoms with Crippen LogP contribution in [0.2, 0.25) is 0 Å². The number of phenolic OH excluding ortho intramolecular Hbond substituents is 1. The van der Waals surface area contributed by atoms with E-state index in [0.29, 0.717) is 26.8 Å². The number of aromatic nitrogens is 1. The van der Waals surface area contributed by atoms with E-state index in [1.54, 1.807) is 48.7 Å². The van der Waals surface area contributed by atoms with Gasteiger partial charge in [0.1, 0.15) is 11.4 Å².